The molecule has 0 aliphatic carbocycles. The number of likely N-dealkylation sites (N-methyl/N-ethyl adjacent to an activating group) is 1. The summed E-state index contributed by atoms with van der Waals surface area (Å²) in [6.07, 6.45) is 0.888. The molecule has 0 spiro atoms. The maximum atomic E-state index is 14.6. The molecular weight excluding hydrogens is 557 g/mol. The summed E-state index contributed by atoms with van der Waals surface area (Å²) in [7, 11) is -2.52. The summed E-state index contributed by atoms with van der Waals surface area (Å²) in [4.78, 5) is 43.2. The van der Waals surface area contributed by atoms with Gasteiger partial charge in [0.1, 0.15) is 11.9 Å². The van der Waals surface area contributed by atoms with Crippen LogP contribution < -0.4 is 14.9 Å². The standard InChI is InChI=1S/C24H29ClFN5O5S2/c1-15-18(31-7-3-4-22(31)32)12-16(26)13-20(15)38(35,36)28-17(24(34)30-10-8-29(2)9-11-30)14-27-23(33)19-5-6-21(25)37-19/h5-6,12-13,17,28H,3-4,7-11,14H2,1-2H3,(H,27,33)/t17-/m0/s1. The lowest BCUT2D eigenvalue weighted by Crippen LogP contribution is -2.57. The summed E-state index contributed by atoms with van der Waals surface area (Å²) in [6.45, 7) is 3.53. The Morgan fingerprint density at radius 3 is 2.47 bits per heavy atom. The molecule has 3 amide bonds. The number of thiophene rings is 1. The smallest absolute Gasteiger partial charge is 0.261 e. The van der Waals surface area contributed by atoms with E-state index in [1.165, 1.54) is 22.8 Å². The van der Waals surface area contributed by atoms with Gasteiger partial charge in [0.25, 0.3) is 5.91 Å². The zero-order valence-corrected chi connectivity index (χ0v) is 23.4. The number of hydrogen-bond donors (Lipinski definition) is 2. The van der Waals surface area contributed by atoms with Crippen LogP contribution in [0.4, 0.5) is 10.1 Å². The molecule has 2 aromatic rings. The van der Waals surface area contributed by atoms with Gasteiger partial charge in [-0.05, 0) is 50.2 Å². The van der Waals surface area contributed by atoms with Gasteiger partial charge in [-0.2, -0.15) is 4.72 Å². The Kier molecular flexibility index (Phi) is 8.72. The predicted octanol–water partition coefficient (Wildman–Crippen LogP) is 1.83. The van der Waals surface area contributed by atoms with E-state index in [0.717, 1.165) is 23.5 Å². The highest BCUT2D eigenvalue weighted by Crippen LogP contribution is 2.31. The second-order valence-electron chi connectivity index (χ2n) is 9.31. The number of anilines is 1. The topological polar surface area (TPSA) is 119 Å². The number of carbonyl (C=O) groups is 3. The summed E-state index contributed by atoms with van der Waals surface area (Å²) >= 11 is 6.96. The van der Waals surface area contributed by atoms with Crippen LogP contribution in [0.15, 0.2) is 29.2 Å². The normalized spacial score (nSPS) is 17.6. The molecule has 2 saturated heterocycles. The van der Waals surface area contributed by atoms with E-state index >= 15 is 0 Å². The average molecular weight is 586 g/mol. The number of amides is 3. The van der Waals surface area contributed by atoms with Gasteiger partial charge in [-0.1, -0.05) is 11.6 Å². The highest BCUT2D eigenvalue weighted by atomic mass is 35.5. The molecule has 1 aromatic heterocycles. The highest BCUT2D eigenvalue weighted by Gasteiger charge is 2.33. The van der Waals surface area contributed by atoms with E-state index in [1.54, 1.807) is 6.07 Å². The second-order valence-corrected chi connectivity index (χ2v) is 12.7. The molecule has 2 aliphatic heterocycles. The Balaban J connectivity index is 1.61. The van der Waals surface area contributed by atoms with Crippen LogP contribution in [0, 0.1) is 12.7 Å². The van der Waals surface area contributed by atoms with Gasteiger partial charge in [0.15, 0.2) is 0 Å². The highest BCUT2D eigenvalue weighted by molar-refractivity contribution is 7.89. The summed E-state index contributed by atoms with van der Waals surface area (Å²) < 4.78 is 44.5. The molecule has 3 heterocycles. The molecule has 2 aliphatic rings. The molecule has 0 bridgehead atoms. The first-order chi connectivity index (χ1) is 18.0. The molecule has 0 saturated carbocycles. The Morgan fingerprint density at radius 2 is 1.87 bits per heavy atom. The molecule has 10 nitrogen and oxygen atoms in total. The number of piperazine rings is 1. The fraction of sp³-hybridized carbons (Fsp3) is 0.458. The van der Waals surface area contributed by atoms with Crippen LogP contribution in [0.2, 0.25) is 4.34 Å². The lowest BCUT2D eigenvalue weighted by Gasteiger charge is -2.34. The van der Waals surface area contributed by atoms with Crippen molar-refractivity contribution in [2.24, 2.45) is 0 Å². The quantitative estimate of drug-likeness (QED) is 0.488. The van der Waals surface area contributed by atoms with Crippen molar-refractivity contribution in [2.75, 3.05) is 51.2 Å². The zero-order valence-electron chi connectivity index (χ0n) is 21.0. The maximum absolute atomic E-state index is 14.6. The second kappa shape index (κ2) is 11.7. The first-order valence-electron chi connectivity index (χ1n) is 12.1. The van der Waals surface area contributed by atoms with Gasteiger partial charge in [0, 0.05) is 45.7 Å². The van der Waals surface area contributed by atoms with E-state index < -0.39 is 33.7 Å². The SMILES string of the molecule is Cc1c(N2CCCC2=O)cc(F)cc1S(=O)(=O)N[C@@H](CNC(=O)c1ccc(Cl)s1)C(=O)N1CCN(C)CC1. The van der Waals surface area contributed by atoms with Gasteiger partial charge in [0.2, 0.25) is 21.8 Å². The summed E-state index contributed by atoms with van der Waals surface area (Å²) in [5.74, 6) is -2.05. The van der Waals surface area contributed by atoms with E-state index in [4.69, 9.17) is 11.6 Å². The first kappa shape index (κ1) is 28.4. The Hall–Kier alpha value is -2.58. The third kappa shape index (κ3) is 6.34. The van der Waals surface area contributed by atoms with Crippen LogP contribution in [0.1, 0.15) is 28.1 Å². The van der Waals surface area contributed by atoms with Crippen LogP contribution in [0.5, 0.6) is 0 Å². The molecule has 1 atom stereocenters. The van der Waals surface area contributed by atoms with Gasteiger partial charge in [-0.25, -0.2) is 12.8 Å². The van der Waals surface area contributed by atoms with Gasteiger partial charge >= 0.3 is 0 Å². The van der Waals surface area contributed by atoms with Gasteiger partial charge in [-0.15, -0.1) is 11.3 Å². The van der Waals surface area contributed by atoms with Crippen molar-refractivity contribution in [2.45, 2.75) is 30.7 Å². The third-order valence-corrected chi connectivity index (χ3v) is 9.45. The number of nitrogens with zero attached hydrogens (tertiary/aromatic N) is 3. The number of nitrogens with one attached hydrogen (secondary N) is 2. The van der Waals surface area contributed by atoms with Crippen molar-refractivity contribution in [3.05, 3.63) is 44.9 Å². The minimum Gasteiger partial charge on any atom is -0.349 e. The zero-order chi connectivity index (χ0) is 27.6. The fourth-order valence-electron chi connectivity index (χ4n) is 4.50. The molecule has 206 valence electrons. The van der Waals surface area contributed by atoms with Crippen molar-refractivity contribution < 1.29 is 27.2 Å². The predicted molar refractivity (Wildman–Crippen MR) is 143 cm³/mol. The van der Waals surface area contributed by atoms with Crippen molar-refractivity contribution in [1.29, 1.82) is 0 Å². The molecule has 14 heteroatoms. The monoisotopic (exact) mass is 585 g/mol. The van der Waals surface area contributed by atoms with E-state index in [1.807, 2.05) is 11.9 Å². The van der Waals surface area contributed by atoms with E-state index in [2.05, 4.69) is 10.0 Å². The van der Waals surface area contributed by atoms with Crippen molar-refractivity contribution in [3.63, 3.8) is 0 Å². The number of halogens is 2. The van der Waals surface area contributed by atoms with Crippen LogP contribution >= 0.6 is 22.9 Å². The summed E-state index contributed by atoms with van der Waals surface area (Å²) in [5.41, 5.74) is 0.370. The third-order valence-electron chi connectivity index (χ3n) is 6.63. The Morgan fingerprint density at radius 1 is 1.16 bits per heavy atom. The lowest BCUT2D eigenvalue weighted by atomic mass is 10.2. The first-order valence-corrected chi connectivity index (χ1v) is 14.8. The largest absolute Gasteiger partial charge is 0.349 e. The Labute approximate surface area is 229 Å². The van der Waals surface area contributed by atoms with E-state index in [0.29, 0.717) is 54.8 Å². The van der Waals surface area contributed by atoms with E-state index in [9.17, 15) is 27.2 Å². The van der Waals surface area contributed by atoms with Gasteiger partial charge in [0.05, 0.1) is 19.8 Å². The molecule has 4 rings (SSSR count). The molecule has 0 radical (unpaired) electrons. The number of rotatable bonds is 8. The summed E-state index contributed by atoms with van der Waals surface area (Å²) in [6, 6.07) is 3.75. The molecule has 38 heavy (non-hydrogen) atoms. The molecule has 1 aromatic carbocycles. The van der Waals surface area contributed by atoms with Crippen LogP contribution in [-0.4, -0.2) is 88.3 Å². The van der Waals surface area contributed by atoms with Crippen LogP contribution in [0.25, 0.3) is 0 Å². The minimum atomic E-state index is -4.44. The van der Waals surface area contributed by atoms with Gasteiger partial charge < -0.3 is 20.0 Å². The van der Waals surface area contributed by atoms with Crippen molar-refractivity contribution in [1.82, 2.24) is 19.8 Å². The van der Waals surface area contributed by atoms with Gasteiger partial charge in [-0.3, -0.25) is 14.4 Å². The molecule has 2 fully saturated rings. The van der Waals surface area contributed by atoms with E-state index in [-0.39, 0.29) is 28.6 Å². The molecule has 2 N–H and O–H groups in total. The number of carbonyl (C=O) groups excluding carboxylic acids is 3. The molecule has 0 unspecified atom stereocenters. The number of sulfonamides is 1. The maximum Gasteiger partial charge on any atom is 0.261 e. The lowest BCUT2D eigenvalue weighted by molar-refractivity contribution is -0.134. The average Bonchev–Trinajstić information content (AvgIpc) is 3.50. The molecular formula is C24H29ClFN5O5S2. The fourth-order valence-corrected chi connectivity index (χ4v) is 6.92. The van der Waals surface area contributed by atoms with Crippen LogP contribution in [-0.2, 0) is 19.6 Å². The van der Waals surface area contributed by atoms with Crippen molar-refractivity contribution >= 4 is 56.4 Å². The summed E-state index contributed by atoms with van der Waals surface area (Å²) in [5, 5.41) is 2.60. The number of benzene rings is 1. The Bertz CT molecular complexity index is 1340. The van der Waals surface area contributed by atoms with Crippen molar-refractivity contribution in [3.8, 4) is 0 Å². The number of hydrogen-bond acceptors (Lipinski definition) is 7. The van der Waals surface area contributed by atoms with Crippen LogP contribution in [0.3, 0.4) is 0 Å². The minimum absolute atomic E-state index is 0.178.